The number of benzene rings is 1. The van der Waals surface area contributed by atoms with E-state index in [0.29, 0.717) is 0 Å². The van der Waals surface area contributed by atoms with Gasteiger partial charge in [-0.15, -0.1) is 0 Å². The first-order valence-corrected chi connectivity index (χ1v) is 4.80. The molecule has 0 fully saturated rings. The number of para-hydroxylation sites is 1. The number of rotatable bonds is 2. The number of hydrogen-bond acceptors (Lipinski definition) is 4. The summed E-state index contributed by atoms with van der Waals surface area (Å²) in [5.41, 5.74) is 6.91. The summed E-state index contributed by atoms with van der Waals surface area (Å²) in [5, 5.41) is 0. The van der Waals surface area contributed by atoms with E-state index in [-0.39, 0.29) is 24.5 Å². The Kier molecular flexibility index (Phi) is 2.60. The average molecular weight is 207 g/mol. The Labute approximate surface area is 88.0 Å². The smallest absolute Gasteiger partial charge is 0.309 e. The average Bonchev–Trinajstić information content (AvgIpc) is 2.57. The molecule has 0 unspecified atom stereocenters. The fourth-order valence-corrected chi connectivity index (χ4v) is 1.72. The van der Waals surface area contributed by atoms with Gasteiger partial charge in [0.2, 0.25) is 0 Å². The van der Waals surface area contributed by atoms with Gasteiger partial charge in [0.1, 0.15) is 11.9 Å². The maximum absolute atomic E-state index is 11.1. The zero-order chi connectivity index (χ0) is 10.8. The molecule has 1 aliphatic rings. The topological polar surface area (TPSA) is 61.5 Å². The van der Waals surface area contributed by atoms with Crippen LogP contribution in [0.15, 0.2) is 24.3 Å². The van der Waals surface area contributed by atoms with Gasteiger partial charge in [-0.3, -0.25) is 4.79 Å². The summed E-state index contributed by atoms with van der Waals surface area (Å²) in [6.45, 7) is 0. The SMILES string of the molecule is COC(=O)C[C@@H]1Oc2ccccc2[C@@H]1N. The molecule has 1 aromatic rings. The molecule has 0 spiro atoms. The van der Waals surface area contributed by atoms with Gasteiger partial charge in [-0.2, -0.15) is 0 Å². The molecule has 0 saturated heterocycles. The summed E-state index contributed by atoms with van der Waals surface area (Å²) in [6, 6.07) is 7.30. The van der Waals surface area contributed by atoms with Gasteiger partial charge < -0.3 is 15.2 Å². The van der Waals surface area contributed by atoms with Crippen LogP contribution in [-0.4, -0.2) is 19.2 Å². The molecule has 1 aromatic carbocycles. The van der Waals surface area contributed by atoms with Crippen molar-refractivity contribution in [3.05, 3.63) is 29.8 Å². The predicted molar refractivity (Wildman–Crippen MR) is 54.4 cm³/mol. The Hall–Kier alpha value is -1.55. The summed E-state index contributed by atoms with van der Waals surface area (Å²) in [5.74, 6) is 0.460. The molecule has 15 heavy (non-hydrogen) atoms. The van der Waals surface area contributed by atoms with Crippen molar-refractivity contribution in [1.29, 1.82) is 0 Å². The second-order valence-corrected chi connectivity index (χ2v) is 3.50. The van der Waals surface area contributed by atoms with E-state index in [9.17, 15) is 4.79 Å². The molecule has 0 amide bonds. The van der Waals surface area contributed by atoms with Gasteiger partial charge in [-0.05, 0) is 6.07 Å². The van der Waals surface area contributed by atoms with Crippen LogP contribution >= 0.6 is 0 Å². The molecule has 0 saturated carbocycles. The van der Waals surface area contributed by atoms with Gasteiger partial charge >= 0.3 is 5.97 Å². The lowest BCUT2D eigenvalue weighted by atomic mass is 10.0. The summed E-state index contributed by atoms with van der Waals surface area (Å²) >= 11 is 0. The highest BCUT2D eigenvalue weighted by Gasteiger charge is 2.32. The number of fused-ring (bicyclic) bond motifs is 1. The van der Waals surface area contributed by atoms with E-state index >= 15 is 0 Å². The number of methoxy groups -OCH3 is 1. The van der Waals surface area contributed by atoms with Crippen molar-refractivity contribution < 1.29 is 14.3 Å². The number of carbonyl (C=O) groups excluding carboxylic acids is 1. The van der Waals surface area contributed by atoms with Crippen molar-refractivity contribution in [2.24, 2.45) is 5.73 Å². The van der Waals surface area contributed by atoms with E-state index in [1.807, 2.05) is 24.3 Å². The lowest BCUT2D eigenvalue weighted by Gasteiger charge is -2.13. The summed E-state index contributed by atoms with van der Waals surface area (Å²) < 4.78 is 10.2. The quantitative estimate of drug-likeness (QED) is 0.735. The molecule has 0 aromatic heterocycles. The second-order valence-electron chi connectivity index (χ2n) is 3.50. The first-order valence-electron chi connectivity index (χ1n) is 4.80. The van der Waals surface area contributed by atoms with Gasteiger partial charge in [0.05, 0.1) is 19.6 Å². The molecule has 2 N–H and O–H groups in total. The van der Waals surface area contributed by atoms with Gasteiger partial charge in [0.25, 0.3) is 0 Å². The third-order valence-corrected chi connectivity index (χ3v) is 2.55. The highest BCUT2D eigenvalue weighted by molar-refractivity contribution is 5.70. The standard InChI is InChI=1S/C11H13NO3/c1-14-10(13)6-9-11(12)7-4-2-3-5-8(7)15-9/h2-5,9,11H,6,12H2,1H3/t9-,11-/m0/s1. The van der Waals surface area contributed by atoms with Crippen LogP contribution in [0.5, 0.6) is 5.75 Å². The number of carbonyl (C=O) groups is 1. The Bertz CT molecular complexity index is 378. The molecule has 1 heterocycles. The lowest BCUT2D eigenvalue weighted by Crippen LogP contribution is -2.28. The van der Waals surface area contributed by atoms with Crippen LogP contribution in [-0.2, 0) is 9.53 Å². The summed E-state index contributed by atoms with van der Waals surface area (Å²) in [4.78, 5) is 11.1. The lowest BCUT2D eigenvalue weighted by molar-refractivity contribution is -0.142. The molecule has 2 rings (SSSR count). The number of ether oxygens (including phenoxy) is 2. The molecule has 4 nitrogen and oxygen atoms in total. The van der Waals surface area contributed by atoms with Crippen molar-refractivity contribution in [2.75, 3.05) is 7.11 Å². The molecular weight excluding hydrogens is 194 g/mol. The van der Waals surface area contributed by atoms with Crippen LogP contribution in [0.3, 0.4) is 0 Å². The zero-order valence-electron chi connectivity index (χ0n) is 8.47. The molecular formula is C11H13NO3. The molecule has 4 heteroatoms. The highest BCUT2D eigenvalue weighted by atomic mass is 16.5. The van der Waals surface area contributed by atoms with E-state index in [0.717, 1.165) is 11.3 Å². The minimum Gasteiger partial charge on any atom is -0.487 e. The Morgan fingerprint density at radius 1 is 1.53 bits per heavy atom. The Balaban J connectivity index is 2.13. The predicted octanol–water partition coefficient (Wildman–Crippen LogP) is 1.01. The van der Waals surface area contributed by atoms with E-state index in [4.69, 9.17) is 10.5 Å². The van der Waals surface area contributed by atoms with Crippen LogP contribution in [0.25, 0.3) is 0 Å². The molecule has 2 atom stereocenters. The normalized spacial score (nSPS) is 23.1. The fraction of sp³-hybridized carbons (Fsp3) is 0.364. The third-order valence-electron chi connectivity index (χ3n) is 2.55. The largest absolute Gasteiger partial charge is 0.487 e. The summed E-state index contributed by atoms with van der Waals surface area (Å²) in [6.07, 6.45) is -0.123. The van der Waals surface area contributed by atoms with Crippen LogP contribution < -0.4 is 10.5 Å². The Morgan fingerprint density at radius 3 is 2.93 bits per heavy atom. The molecule has 1 aliphatic heterocycles. The summed E-state index contributed by atoms with van der Waals surface area (Å²) in [7, 11) is 1.36. The number of hydrogen-bond donors (Lipinski definition) is 1. The van der Waals surface area contributed by atoms with Crippen molar-refractivity contribution >= 4 is 5.97 Å². The van der Waals surface area contributed by atoms with E-state index in [1.54, 1.807) is 0 Å². The Morgan fingerprint density at radius 2 is 2.27 bits per heavy atom. The van der Waals surface area contributed by atoms with Gasteiger partial charge in [0.15, 0.2) is 0 Å². The number of nitrogens with two attached hydrogens (primary N) is 1. The van der Waals surface area contributed by atoms with Crippen LogP contribution in [0.4, 0.5) is 0 Å². The first kappa shape index (κ1) is 9.98. The highest BCUT2D eigenvalue weighted by Crippen LogP contribution is 2.35. The van der Waals surface area contributed by atoms with Crippen LogP contribution in [0, 0.1) is 0 Å². The van der Waals surface area contributed by atoms with Crippen molar-refractivity contribution in [3.8, 4) is 5.75 Å². The van der Waals surface area contributed by atoms with Crippen molar-refractivity contribution in [3.63, 3.8) is 0 Å². The monoisotopic (exact) mass is 207 g/mol. The van der Waals surface area contributed by atoms with E-state index in [1.165, 1.54) is 7.11 Å². The van der Waals surface area contributed by atoms with Gasteiger partial charge in [-0.1, -0.05) is 18.2 Å². The van der Waals surface area contributed by atoms with Crippen molar-refractivity contribution in [2.45, 2.75) is 18.6 Å². The minimum atomic E-state index is -0.310. The number of esters is 1. The van der Waals surface area contributed by atoms with E-state index in [2.05, 4.69) is 4.74 Å². The van der Waals surface area contributed by atoms with Crippen molar-refractivity contribution in [1.82, 2.24) is 0 Å². The minimum absolute atomic E-state index is 0.187. The second kappa shape index (κ2) is 3.90. The molecule has 80 valence electrons. The third kappa shape index (κ3) is 1.80. The fourth-order valence-electron chi connectivity index (χ4n) is 1.72. The zero-order valence-corrected chi connectivity index (χ0v) is 8.47. The van der Waals surface area contributed by atoms with Gasteiger partial charge in [0, 0.05) is 5.56 Å². The van der Waals surface area contributed by atoms with E-state index < -0.39 is 0 Å². The molecule has 0 bridgehead atoms. The maximum atomic E-state index is 11.1. The van der Waals surface area contributed by atoms with Crippen LogP contribution in [0.1, 0.15) is 18.0 Å². The van der Waals surface area contributed by atoms with Crippen LogP contribution in [0.2, 0.25) is 0 Å². The molecule has 0 aliphatic carbocycles. The maximum Gasteiger partial charge on any atom is 0.309 e. The van der Waals surface area contributed by atoms with Gasteiger partial charge in [-0.25, -0.2) is 0 Å². The molecule has 0 radical (unpaired) electrons. The first-order chi connectivity index (χ1) is 7.22.